The molecule has 5 atom stereocenters. The Labute approximate surface area is 341 Å². The van der Waals surface area contributed by atoms with E-state index >= 15 is 4.79 Å². The van der Waals surface area contributed by atoms with E-state index in [9.17, 15) is 22.8 Å². The lowest BCUT2D eigenvalue weighted by Gasteiger charge is -2.36. The van der Waals surface area contributed by atoms with Gasteiger partial charge in [0.25, 0.3) is 5.91 Å². The Morgan fingerprint density at radius 2 is 1.74 bits per heavy atom. The van der Waals surface area contributed by atoms with Crippen LogP contribution in [0.2, 0.25) is 0 Å². The van der Waals surface area contributed by atoms with E-state index < -0.39 is 67.7 Å². The van der Waals surface area contributed by atoms with Crippen molar-refractivity contribution in [2.24, 2.45) is 22.7 Å². The molecular formula is C43H60N4O10S. The molecule has 15 heteroatoms. The van der Waals surface area contributed by atoms with E-state index in [2.05, 4.69) is 35.3 Å². The molecule has 5 aliphatic rings. The Balaban J connectivity index is 1.30. The summed E-state index contributed by atoms with van der Waals surface area (Å²) in [6.45, 7) is 9.68. The lowest BCUT2D eigenvalue weighted by molar-refractivity contribution is -0.145. The van der Waals surface area contributed by atoms with Crippen molar-refractivity contribution in [3.05, 3.63) is 41.5 Å². The zero-order valence-electron chi connectivity index (χ0n) is 34.9. The number of cyclic esters (lactones) is 1. The summed E-state index contributed by atoms with van der Waals surface area (Å²) in [7, 11) is -0.731. The number of hydrogen-bond acceptors (Lipinski definition) is 10. The minimum atomic E-state index is -3.89. The first-order valence-corrected chi connectivity index (χ1v) is 22.2. The van der Waals surface area contributed by atoms with Crippen molar-refractivity contribution >= 4 is 44.6 Å². The number of fused-ring (bicyclic) bond motifs is 5. The van der Waals surface area contributed by atoms with Gasteiger partial charge in [0, 0.05) is 13.5 Å². The van der Waals surface area contributed by atoms with Crippen molar-refractivity contribution in [2.75, 3.05) is 34.2 Å². The zero-order valence-corrected chi connectivity index (χ0v) is 35.7. The number of nitrogens with one attached hydrogen (secondary N) is 3. The van der Waals surface area contributed by atoms with Crippen LogP contribution in [0.15, 0.2) is 30.3 Å². The molecule has 1 saturated heterocycles. The number of carbonyl (C=O) groups is 4. The largest absolute Gasteiger partial charge is 0.496 e. The molecule has 14 nitrogen and oxygen atoms in total. The second-order valence-electron chi connectivity index (χ2n) is 19.1. The van der Waals surface area contributed by atoms with Crippen molar-refractivity contribution in [2.45, 2.75) is 127 Å². The fourth-order valence-corrected chi connectivity index (χ4v) is 10.3. The average Bonchev–Trinajstić information content (AvgIpc) is 4.03. The molecule has 318 valence electrons. The Hall–Kier alpha value is -3.95. The summed E-state index contributed by atoms with van der Waals surface area (Å²) < 4.78 is 51.7. The molecular weight excluding hydrogens is 765 g/mol. The molecule has 5 bridgehead atoms. The molecule has 7 rings (SSSR count). The minimum absolute atomic E-state index is 0.00892. The number of carbonyl (C=O) groups excluding carboxylic acids is 4. The van der Waals surface area contributed by atoms with Gasteiger partial charge in [-0.1, -0.05) is 46.8 Å². The van der Waals surface area contributed by atoms with Crippen molar-refractivity contribution < 1.29 is 46.5 Å². The lowest BCUT2D eigenvalue weighted by atomic mass is 9.83. The molecule has 3 saturated carbocycles. The summed E-state index contributed by atoms with van der Waals surface area (Å²) >= 11 is 0. The number of sulfonamides is 1. The van der Waals surface area contributed by atoms with E-state index in [1.165, 1.54) is 12.0 Å². The number of methoxy groups -OCH3 is 2. The first-order chi connectivity index (χ1) is 27.3. The highest BCUT2D eigenvalue weighted by molar-refractivity contribution is 7.91. The molecule has 3 aliphatic carbocycles. The number of ether oxygens (including phenoxy) is 4. The third-order valence-electron chi connectivity index (χ3n) is 13.0. The summed E-state index contributed by atoms with van der Waals surface area (Å²) in [4.78, 5) is 58.7. The fraction of sp³-hybridized carbons (Fsp3) is 0.674. The highest BCUT2D eigenvalue weighted by Crippen LogP contribution is 2.57. The highest BCUT2D eigenvalue weighted by atomic mass is 32.2. The van der Waals surface area contributed by atoms with Gasteiger partial charge in [0.15, 0.2) is 0 Å². The molecule has 2 heterocycles. The van der Waals surface area contributed by atoms with E-state index in [1.54, 1.807) is 7.11 Å². The van der Waals surface area contributed by atoms with Gasteiger partial charge in [0.05, 0.1) is 25.5 Å². The third kappa shape index (κ3) is 8.67. The van der Waals surface area contributed by atoms with Gasteiger partial charge in [-0.2, -0.15) is 0 Å². The molecule has 4 fully saturated rings. The number of alkyl carbamates (subject to hydrolysis) is 1. The van der Waals surface area contributed by atoms with Crippen LogP contribution >= 0.6 is 0 Å². The quantitative estimate of drug-likeness (QED) is 0.275. The van der Waals surface area contributed by atoms with Crippen molar-refractivity contribution in [3.63, 3.8) is 0 Å². The fourth-order valence-electron chi connectivity index (χ4n) is 8.98. The third-order valence-corrected chi connectivity index (χ3v) is 14.8. The molecule has 58 heavy (non-hydrogen) atoms. The Kier molecular flexibility index (Phi) is 11.3. The molecule has 4 amide bonds. The molecule has 0 unspecified atom stereocenters. The number of aryl methyl sites for hydroxylation is 1. The Morgan fingerprint density at radius 1 is 1.00 bits per heavy atom. The van der Waals surface area contributed by atoms with E-state index in [0.717, 1.165) is 54.2 Å². The number of nitrogens with zero attached hydrogens (tertiary/aromatic N) is 1. The van der Waals surface area contributed by atoms with Gasteiger partial charge in [-0.15, -0.1) is 0 Å². The van der Waals surface area contributed by atoms with E-state index in [-0.39, 0.29) is 43.6 Å². The molecule has 0 spiro atoms. The average molecular weight is 825 g/mol. The predicted octanol–water partition coefficient (Wildman–Crippen LogP) is 5.05. The maximum Gasteiger partial charge on any atom is 0.407 e. The smallest absolute Gasteiger partial charge is 0.407 e. The first-order valence-electron chi connectivity index (χ1n) is 20.7. The Morgan fingerprint density at radius 3 is 2.40 bits per heavy atom. The second-order valence-corrected chi connectivity index (χ2v) is 21.0. The second kappa shape index (κ2) is 15.6. The van der Waals surface area contributed by atoms with Gasteiger partial charge in [-0.05, 0) is 121 Å². The standard InChI is InChI=1S/C43H60N4O10S/c1-40(2,3)35-37(49)47-24-42(57-25-54-6,23-33(47)36(48)45-43(22-32(43)26-10-11-26)38(50)46-58(52,53)31-14-15-31)30-13-12-27-21-34(55-7)28(19-29(27)20-30)9-8-16-41(4,5)17-18-56-39(51)44-35/h12-13,19-21,26,31-33,35H,8-11,14-18,22-25H2,1-7H3,(H,44,51)(H,45,48)(H,46,50)/t32-,33-,35+,42-,43+/m0/s1. The molecule has 2 aliphatic heterocycles. The SMILES string of the molecule is COCO[C@@]12C[C@@H](C(=O)N[C@]3(C(=O)NS(=O)(=O)C4CC4)C[C@H]3C3CC3)N(C1)C(=O)[C@H](C(C)(C)C)NC(=O)OCCC(C)(C)CCCc1cc3cc2ccc3cc1OC. The maximum atomic E-state index is 15.0. The van der Waals surface area contributed by atoms with Crippen LogP contribution in [0.4, 0.5) is 4.79 Å². The Bertz CT molecular complexity index is 2060. The van der Waals surface area contributed by atoms with Crippen molar-refractivity contribution in [1.29, 1.82) is 0 Å². The van der Waals surface area contributed by atoms with E-state index in [4.69, 9.17) is 18.9 Å². The monoisotopic (exact) mass is 824 g/mol. The van der Waals surface area contributed by atoms with Crippen molar-refractivity contribution in [3.8, 4) is 5.75 Å². The molecule has 2 aromatic rings. The van der Waals surface area contributed by atoms with Gasteiger partial charge in [-0.3, -0.25) is 19.1 Å². The molecule has 0 aromatic heterocycles. The summed E-state index contributed by atoms with van der Waals surface area (Å²) in [6, 6.07) is 7.76. The molecule has 2 aromatic carbocycles. The van der Waals surface area contributed by atoms with Crippen LogP contribution in [0.5, 0.6) is 5.75 Å². The van der Waals surface area contributed by atoms with Gasteiger partial charge >= 0.3 is 6.09 Å². The van der Waals surface area contributed by atoms with Gasteiger partial charge in [0.1, 0.15) is 35.8 Å². The summed E-state index contributed by atoms with van der Waals surface area (Å²) in [5.74, 6) is -1.13. The summed E-state index contributed by atoms with van der Waals surface area (Å²) in [5.41, 5.74) is -1.90. The van der Waals surface area contributed by atoms with Crippen molar-refractivity contribution in [1.82, 2.24) is 20.3 Å². The van der Waals surface area contributed by atoms with Crippen LogP contribution in [0, 0.1) is 22.7 Å². The number of benzene rings is 2. The maximum absolute atomic E-state index is 15.0. The lowest BCUT2D eigenvalue weighted by Crippen LogP contribution is -2.60. The zero-order chi connectivity index (χ0) is 41.8. The first kappa shape index (κ1) is 42.2. The van der Waals surface area contributed by atoms with Crippen LogP contribution in [-0.2, 0) is 50.6 Å². The number of rotatable bonds is 10. The topological polar surface area (TPSA) is 179 Å². The highest BCUT2D eigenvalue weighted by Gasteiger charge is 2.67. The van der Waals surface area contributed by atoms with Gasteiger partial charge in [-0.25, -0.2) is 13.2 Å². The molecule has 3 N–H and O–H groups in total. The van der Waals surface area contributed by atoms with Crippen LogP contribution < -0.4 is 20.1 Å². The normalized spacial score (nSPS) is 29.2. The van der Waals surface area contributed by atoms with Crippen LogP contribution in [0.3, 0.4) is 0 Å². The number of amides is 4. The molecule has 0 radical (unpaired) electrons. The van der Waals surface area contributed by atoms with E-state index in [1.807, 2.05) is 45.0 Å². The predicted molar refractivity (Wildman–Crippen MR) is 216 cm³/mol. The van der Waals surface area contributed by atoms with Crippen LogP contribution in [-0.4, -0.2) is 94.2 Å². The van der Waals surface area contributed by atoms with Gasteiger partial charge < -0.3 is 34.5 Å². The van der Waals surface area contributed by atoms with Crippen LogP contribution in [0.25, 0.3) is 10.8 Å². The van der Waals surface area contributed by atoms with Crippen LogP contribution in [0.1, 0.15) is 104 Å². The minimum Gasteiger partial charge on any atom is -0.496 e. The number of hydrogen-bond donors (Lipinski definition) is 3. The summed E-state index contributed by atoms with van der Waals surface area (Å²) in [5, 5.41) is 7.08. The van der Waals surface area contributed by atoms with E-state index in [0.29, 0.717) is 31.2 Å². The summed E-state index contributed by atoms with van der Waals surface area (Å²) in [6.07, 6.45) is 5.41. The van der Waals surface area contributed by atoms with Gasteiger partial charge in [0.2, 0.25) is 21.8 Å².